The molecule has 1 fully saturated rings. The maximum absolute atomic E-state index is 12.1. The molecule has 1 aromatic heterocycles. The van der Waals surface area contributed by atoms with E-state index in [4.69, 9.17) is 9.47 Å². The number of nitrogens with one attached hydrogen (secondary N) is 2. The summed E-state index contributed by atoms with van der Waals surface area (Å²) in [6.07, 6.45) is 5.84. The monoisotopic (exact) mass is 374 g/mol. The van der Waals surface area contributed by atoms with E-state index in [0.717, 1.165) is 18.4 Å². The first-order valence-corrected chi connectivity index (χ1v) is 9.20. The number of urea groups is 1. The van der Waals surface area contributed by atoms with Crippen LogP contribution >= 0.6 is 0 Å². The van der Waals surface area contributed by atoms with Gasteiger partial charge in [-0.2, -0.15) is 0 Å². The fourth-order valence-electron chi connectivity index (χ4n) is 3.33. The van der Waals surface area contributed by atoms with Crippen molar-refractivity contribution >= 4 is 6.03 Å². The molecule has 2 N–H and O–H groups in total. The number of benzene rings is 1. The second kappa shape index (κ2) is 9.20. The number of hydrogen-bond acceptors (Lipinski definition) is 6. The van der Waals surface area contributed by atoms with Crippen LogP contribution in [0.5, 0.6) is 11.5 Å². The molecule has 27 heavy (non-hydrogen) atoms. The molecule has 0 atom stereocenters. The third-order valence-electron chi connectivity index (χ3n) is 4.79. The molecule has 1 saturated carbocycles. The number of amides is 2. The summed E-state index contributed by atoms with van der Waals surface area (Å²) in [4.78, 5) is 12.1. The maximum Gasteiger partial charge on any atom is 0.315 e. The molecule has 1 aromatic carbocycles. The molecular weight excluding hydrogens is 348 g/mol. The Balaban J connectivity index is 1.50. The first-order chi connectivity index (χ1) is 13.2. The second-order valence-electron chi connectivity index (χ2n) is 6.56. The van der Waals surface area contributed by atoms with E-state index in [9.17, 15) is 4.79 Å². The Morgan fingerprint density at radius 1 is 1.11 bits per heavy atom. The predicted octanol–water partition coefficient (Wildman–Crippen LogP) is 2.19. The number of aromatic nitrogens is 4. The number of methoxy groups -OCH3 is 2. The first kappa shape index (κ1) is 18.9. The molecule has 1 aliphatic rings. The van der Waals surface area contributed by atoms with Gasteiger partial charge < -0.3 is 20.1 Å². The van der Waals surface area contributed by atoms with Gasteiger partial charge in [0, 0.05) is 6.54 Å². The van der Waals surface area contributed by atoms with E-state index < -0.39 is 0 Å². The average molecular weight is 374 g/mol. The molecule has 0 aliphatic heterocycles. The topological polar surface area (TPSA) is 103 Å². The standard InChI is InChI=1S/C18H26N6O3/c1-26-15-9-8-13(10-16(15)27-2)11-19-18(25)20-12-17-21-22-23-24(17)14-6-4-3-5-7-14/h8-10,14H,3-7,11-12H2,1-2H3,(H2,19,20,25). The molecule has 0 unspecified atom stereocenters. The lowest BCUT2D eigenvalue weighted by Gasteiger charge is -2.22. The Labute approximate surface area is 158 Å². The van der Waals surface area contributed by atoms with Crippen molar-refractivity contribution < 1.29 is 14.3 Å². The number of carbonyl (C=O) groups excluding carboxylic acids is 1. The fourth-order valence-corrected chi connectivity index (χ4v) is 3.33. The molecule has 1 aliphatic carbocycles. The van der Waals surface area contributed by atoms with E-state index in [-0.39, 0.29) is 6.03 Å². The summed E-state index contributed by atoms with van der Waals surface area (Å²) in [6, 6.07) is 5.59. The van der Waals surface area contributed by atoms with Gasteiger partial charge in [0.05, 0.1) is 26.8 Å². The van der Waals surface area contributed by atoms with Gasteiger partial charge in [0.15, 0.2) is 17.3 Å². The number of hydrogen-bond donors (Lipinski definition) is 2. The summed E-state index contributed by atoms with van der Waals surface area (Å²) in [5, 5.41) is 17.6. The molecule has 0 saturated heterocycles. The Hall–Kier alpha value is -2.84. The van der Waals surface area contributed by atoms with Gasteiger partial charge in [0.25, 0.3) is 0 Å². The van der Waals surface area contributed by atoms with Crippen molar-refractivity contribution in [1.29, 1.82) is 0 Å². The van der Waals surface area contributed by atoms with Gasteiger partial charge in [0.1, 0.15) is 0 Å². The number of nitrogens with zero attached hydrogens (tertiary/aromatic N) is 4. The lowest BCUT2D eigenvalue weighted by molar-refractivity contribution is 0.239. The summed E-state index contributed by atoms with van der Waals surface area (Å²) < 4.78 is 12.3. The van der Waals surface area contributed by atoms with Gasteiger partial charge in [-0.3, -0.25) is 0 Å². The Kier molecular flexibility index (Phi) is 6.45. The van der Waals surface area contributed by atoms with E-state index in [1.807, 2.05) is 22.9 Å². The fraction of sp³-hybridized carbons (Fsp3) is 0.556. The Bertz CT molecular complexity index is 757. The summed E-state index contributed by atoms with van der Waals surface area (Å²) in [6.45, 7) is 0.668. The third kappa shape index (κ3) is 4.87. The van der Waals surface area contributed by atoms with Gasteiger partial charge in [-0.15, -0.1) is 5.10 Å². The molecule has 0 radical (unpaired) electrons. The van der Waals surface area contributed by atoms with Crippen molar-refractivity contribution in [2.75, 3.05) is 14.2 Å². The van der Waals surface area contributed by atoms with E-state index in [1.54, 1.807) is 14.2 Å². The molecule has 0 spiro atoms. The van der Waals surface area contributed by atoms with E-state index in [1.165, 1.54) is 19.3 Å². The van der Waals surface area contributed by atoms with Crippen molar-refractivity contribution in [3.8, 4) is 11.5 Å². The highest BCUT2D eigenvalue weighted by Gasteiger charge is 2.20. The van der Waals surface area contributed by atoms with Gasteiger partial charge in [-0.05, 0) is 41.0 Å². The molecular formula is C18H26N6O3. The van der Waals surface area contributed by atoms with Crippen LogP contribution in [0, 0.1) is 0 Å². The first-order valence-electron chi connectivity index (χ1n) is 9.20. The van der Waals surface area contributed by atoms with Crippen LogP contribution < -0.4 is 20.1 Å². The second-order valence-corrected chi connectivity index (χ2v) is 6.56. The summed E-state index contributed by atoms with van der Waals surface area (Å²) in [7, 11) is 3.17. The largest absolute Gasteiger partial charge is 0.493 e. The normalized spacial score (nSPS) is 14.6. The maximum atomic E-state index is 12.1. The van der Waals surface area contributed by atoms with Gasteiger partial charge in [-0.1, -0.05) is 25.3 Å². The highest BCUT2D eigenvalue weighted by molar-refractivity contribution is 5.73. The van der Waals surface area contributed by atoms with Crippen LogP contribution in [0.15, 0.2) is 18.2 Å². The van der Waals surface area contributed by atoms with Crippen LogP contribution in [0.25, 0.3) is 0 Å². The van der Waals surface area contributed by atoms with Crippen LogP contribution in [0.3, 0.4) is 0 Å². The van der Waals surface area contributed by atoms with Crippen molar-refractivity contribution in [3.63, 3.8) is 0 Å². The van der Waals surface area contributed by atoms with Crippen LogP contribution in [0.1, 0.15) is 49.5 Å². The number of ether oxygens (including phenoxy) is 2. The molecule has 2 amide bonds. The zero-order chi connectivity index (χ0) is 19.1. The molecule has 0 bridgehead atoms. The lowest BCUT2D eigenvalue weighted by atomic mass is 9.96. The van der Waals surface area contributed by atoms with Gasteiger partial charge in [0.2, 0.25) is 0 Å². The van der Waals surface area contributed by atoms with E-state index >= 15 is 0 Å². The van der Waals surface area contributed by atoms with E-state index in [2.05, 4.69) is 26.2 Å². The quantitative estimate of drug-likeness (QED) is 0.770. The van der Waals surface area contributed by atoms with E-state index in [0.29, 0.717) is 36.5 Å². The summed E-state index contributed by atoms with van der Waals surface area (Å²) in [5.74, 6) is 1.97. The van der Waals surface area contributed by atoms with Crippen molar-refractivity contribution in [1.82, 2.24) is 30.8 Å². The van der Waals surface area contributed by atoms with Crippen LogP contribution in [-0.2, 0) is 13.1 Å². The Morgan fingerprint density at radius 2 is 1.85 bits per heavy atom. The Morgan fingerprint density at radius 3 is 2.59 bits per heavy atom. The minimum Gasteiger partial charge on any atom is -0.493 e. The summed E-state index contributed by atoms with van der Waals surface area (Å²) in [5.41, 5.74) is 0.912. The lowest BCUT2D eigenvalue weighted by Crippen LogP contribution is -2.35. The zero-order valence-electron chi connectivity index (χ0n) is 15.8. The minimum absolute atomic E-state index is 0.275. The molecule has 2 aromatic rings. The van der Waals surface area contributed by atoms with Gasteiger partial charge >= 0.3 is 6.03 Å². The predicted molar refractivity (Wildman–Crippen MR) is 98.6 cm³/mol. The van der Waals surface area contributed by atoms with Crippen LogP contribution in [0.2, 0.25) is 0 Å². The SMILES string of the molecule is COc1ccc(CNC(=O)NCc2nnnn2C2CCCCC2)cc1OC. The van der Waals surface area contributed by atoms with Crippen molar-refractivity contribution in [2.45, 2.75) is 51.2 Å². The van der Waals surface area contributed by atoms with Gasteiger partial charge in [-0.25, -0.2) is 9.48 Å². The number of tetrazole rings is 1. The third-order valence-corrected chi connectivity index (χ3v) is 4.79. The minimum atomic E-state index is -0.275. The van der Waals surface area contributed by atoms with Crippen molar-refractivity contribution in [3.05, 3.63) is 29.6 Å². The molecule has 9 nitrogen and oxygen atoms in total. The number of carbonyl (C=O) groups is 1. The van der Waals surface area contributed by atoms with Crippen LogP contribution in [-0.4, -0.2) is 40.5 Å². The zero-order valence-corrected chi connectivity index (χ0v) is 15.8. The molecule has 146 valence electrons. The molecule has 3 rings (SSSR count). The van der Waals surface area contributed by atoms with Crippen LogP contribution in [0.4, 0.5) is 4.79 Å². The highest BCUT2D eigenvalue weighted by atomic mass is 16.5. The summed E-state index contributed by atoms with van der Waals surface area (Å²) >= 11 is 0. The van der Waals surface area contributed by atoms with Crippen molar-refractivity contribution in [2.24, 2.45) is 0 Å². The average Bonchev–Trinajstić information content (AvgIpc) is 3.19. The smallest absolute Gasteiger partial charge is 0.315 e. The number of rotatable bonds is 7. The highest BCUT2D eigenvalue weighted by Crippen LogP contribution is 2.28. The molecule has 9 heteroatoms. The molecule has 1 heterocycles.